The Labute approximate surface area is 173 Å². The Morgan fingerprint density at radius 1 is 1.34 bits per heavy atom. The van der Waals surface area contributed by atoms with Gasteiger partial charge in [-0.3, -0.25) is 0 Å². The molecule has 1 aromatic carbocycles. The first-order chi connectivity index (χ1) is 14.0. The van der Waals surface area contributed by atoms with Crippen LogP contribution in [0.3, 0.4) is 0 Å². The van der Waals surface area contributed by atoms with Gasteiger partial charge in [-0.1, -0.05) is 26.5 Å². The molecule has 0 amide bonds. The number of rotatable bonds is 6. The molecule has 0 fully saturated rings. The van der Waals surface area contributed by atoms with Crippen LogP contribution in [-0.2, 0) is 17.7 Å². The summed E-state index contributed by atoms with van der Waals surface area (Å²) < 4.78 is 5.53. The Morgan fingerprint density at radius 3 is 2.79 bits per heavy atom. The van der Waals surface area contributed by atoms with Crippen LogP contribution >= 0.6 is 0 Å². The number of aryl methyl sites for hydroxylation is 1. The molecule has 0 unspecified atom stereocenters. The van der Waals surface area contributed by atoms with E-state index in [2.05, 4.69) is 38.0 Å². The first kappa shape index (κ1) is 19.5. The highest BCUT2D eigenvalue weighted by Crippen LogP contribution is 2.45. The van der Waals surface area contributed by atoms with Gasteiger partial charge in [0.15, 0.2) is 0 Å². The van der Waals surface area contributed by atoms with Crippen LogP contribution in [0.1, 0.15) is 37.1 Å². The van der Waals surface area contributed by atoms with E-state index in [1.807, 2.05) is 24.3 Å². The average Bonchev–Trinajstić information content (AvgIpc) is 3.08. The summed E-state index contributed by atoms with van der Waals surface area (Å²) in [6.07, 6.45) is 6.23. The number of nitrogen functional groups attached to an aromatic ring is 1. The maximum Gasteiger partial charge on any atom is 0.0927 e. The summed E-state index contributed by atoms with van der Waals surface area (Å²) >= 11 is 0. The summed E-state index contributed by atoms with van der Waals surface area (Å²) in [5.74, 6) is 0.265. The van der Waals surface area contributed by atoms with E-state index in [0.29, 0.717) is 6.61 Å². The van der Waals surface area contributed by atoms with E-state index in [4.69, 9.17) is 15.5 Å². The van der Waals surface area contributed by atoms with Crippen molar-refractivity contribution in [1.82, 2.24) is 9.88 Å². The maximum absolute atomic E-state index is 6.07. The van der Waals surface area contributed by atoms with Gasteiger partial charge in [0.2, 0.25) is 0 Å². The predicted molar refractivity (Wildman–Crippen MR) is 121 cm³/mol. The Hall–Kier alpha value is -2.85. The quantitative estimate of drug-likeness (QED) is 0.545. The van der Waals surface area contributed by atoms with Crippen molar-refractivity contribution in [2.24, 2.45) is 5.92 Å². The lowest BCUT2D eigenvalue weighted by molar-refractivity contribution is 0.222. The summed E-state index contributed by atoms with van der Waals surface area (Å²) in [5.41, 5.74) is 16.0. The van der Waals surface area contributed by atoms with Crippen molar-refractivity contribution in [3.05, 3.63) is 77.2 Å². The van der Waals surface area contributed by atoms with Crippen LogP contribution < -0.4 is 5.73 Å². The van der Waals surface area contributed by atoms with Crippen LogP contribution in [0, 0.1) is 5.92 Å². The van der Waals surface area contributed by atoms with Crippen molar-refractivity contribution >= 4 is 22.3 Å². The predicted octanol–water partition coefficient (Wildman–Crippen LogP) is 5.22. The minimum atomic E-state index is 0.265. The number of benzene rings is 1. The summed E-state index contributed by atoms with van der Waals surface area (Å²) in [7, 11) is 1.73. The lowest BCUT2D eigenvalue weighted by Gasteiger charge is -2.32. The number of nitrogens with zero attached hydrogens (tertiary/aromatic N) is 2. The van der Waals surface area contributed by atoms with Gasteiger partial charge in [-0.15, -0.1) is 6.58 Å². The highest BCUT2D eigenvalue weighted by atomic mass is 16.5. The summed E-state index contributed by atoms with van der Waals surface area (Å²) in [6, 6.07) is 6.00. The van der Waals surface area contributed by atoms with E-state index in [1.165, 1.54) is 16.7 Å². The minimum Gasteiger partial charge on any atom is -0.399 e. The second-order valence-corrected chi connectivity index (χ2v) is 7.73. The van der Waals surface area contributed by atoms with E-state index in [1.54, 1.807) is 7.11 Å². The molecule has 1 aromatic heterocycles. The molecular weight excluding hydrogens is 358 g/mol. The van der Waals surface area contributed by atoms with E-state index < -0.39 is 0 Å². The number of fused-ring (bicyclic) bond motifs is 4. The number of anilines is 1. The Bertz CT molecular complexity index is 1080. The summed E-state index contributed by atoms with van der Waals surface area (Å²) in [6.45, 7) is 14.2. The highest BCUT2D eigenvalue weighted by molar-refractivity contribution is 5.90. The van der Waals surface area contributed by atoms with Crippen LogP contribution in [0.15, 0.2) is 60.4 Å². The molecule has 4 heteroatoms. The highest BCUT2D eigenvalue weighted by Gasteiger charge is 2.35. The van der Waals surface area contributed by atoms with Crippen molar-refractivity contribution in [3.63, 3.8) is 0 Å². The molecule has 0 saturated heterocycles. The van der Waals surface area contributed by atoms with Crippen molar-refractivity contribution in [1.29, 1.82) is 0 Å². The van der Waals surface area contributed by atoms with E-state index in [-0.39, 0.29) is 5.92 Å². The molecule has 0 bridgehead atoms. The van der Waals surface area contributed by atoms with Gasteiger partial charge >= 0.3 is 0 Å². The van der Waals surface area contributed by atoms with E-state index >= 15 is 0 Å². The number of allylic oxidation sites excluding steroid dienone is 3. The third kappa shape index (κ3) is 2.99. The van der Waals surface area contributed by atoms with Crippen molar-refractivity contribution in [2.45, 2.75) is 33.2 Å². The smallest absolute Gasteiger partial charge is 0.0927 e. The zero-order valence-electron chi connectivity index (χ0n) is 17.6. The molecular formula is C25H29N3O. The van der Waals surface area contributed by atoms with Gasteiger partial charge in [0.25, 0.3) is 0 Å². The fourth-order valence-electron chi connectivity index (χ4n) is 4.65. The normalized spacial score (nSPS) is 16.7. The second-order valence-electron chi connectivity index (χ2n) is 7.73. The largest absolute Gasteiger partial charge is 0.399 e. The number of pyridine rings is 1. The summed E-state index contributed by atoms with van der Waals surface area (Å²) in [5, 5.41) is 1.15. The monoisotopic (exact) mass is 387 g/mol. The lowest BCUT2D eigenvalue weighted by Crippen LogP contribution is -2.24. The number of hydrogen-bond acceptors (Lipinski definition) is 4. The lowest BCUT2D eigenvalue weighted by atomic mass is 9.87. The molecule has 0 saturated carbocycles. The fourth-order valence-corrected chi connectivity index (χ4v) is 4.65. The average molecular weight is 388 g/mol. The van der Waals surface area contributed by atoms with Crippen LogP contribution in [0.25, 0.3) is 16.6 Å². The van der Waals surface area contributed by atoms with Gasteiger partial charge in [-0.05, 0) is 48.3 Å². The molecule has 2 N–H and O–H groups in total. The fraction of sp³-hybridized carbons (Fsp3) is 0.320. The van der Waals surface area contributed by atoms with Gasteiger partial charge in [-0.2, -0.15) is 0 Å². The third-order valence-electron chi connectivity index (χ3n) is 6.16. The molecule has 1 atom stereocenters. The molecule has 2 aromatic rings. The first-order valence-electron chi connectivity index (χ1n) is 10.3. The van der Waals surface area contributed by atoms with Crippen molar-refractivity contribution in [2.75, 3.05) is 19.5 Å². The number of hydrogen-bond donors (Lipinski definition) is 1. The third-order valence-corrected chi connectivity index (χ3v) is 6.16. The van der Waals surface area contributed by atoms with Crippen molar-refractivity contribution in [3.8, 4) is 0 Å². The molecule has 2 aliphatic rings. The molecule has 150 valence electrons. The van der Waals surface area contributed by atoms with Gasteiger partial charge in [-0.25, -0.2) is 4.98 Å². The molecule has 3 heterocycles. The molecule has 29 heavy (non-hydrogen) atoms. The summed E-state index contributed by atoms with van der Waals surface area (Å²) in [4.78, 5) is 7.34. The SMILES string of the molecule is C=C[C@H](CC)C1=C(COC)C(=C)N2Cc3c(nc4ccc(N)cc4c3CC)C2=C1. The standard InChI is InChI=1S/C25H29N3O/c1-6-16(7-2)19-12-24-25-21(13-28(24)15(4)22(19)14-29-5)18(8-3)20-11-17(26)9-10-23(20)27-25/h6,9-12,16H,1,4,7-8,13-14,26H2,2-3,5H3/t16-/m1/s1. The molecule has 4 nitrogen and oxygen atoms in total. The van der Waals surface area contributed by atoms with Gasteiger partial charge < -0.3 is 15.4 Å². The number of nitrogens with two attached hydrogens (primary N) is 1. The van der Waals surface area contributed by atoms with Crippen LogP contribution in [0.5, 0.6) is 0 Å². The molecule has 2 aliphatic heterocycles. The minimum absolute atomic E-state index is 0.265. The van der Waals surface area contributed by atoms with Gasteiger partial charge in [0.1, 0.15) is 0 Å². The van der Waals surface area contributed by atoms with Crippen LogP contribution in [0.2, 0.25) is 0 Å². The Kier molecular flexibility index (Phi) is 5.05. The van der Waals surface area contributed by atoms with Crippen LogP contribution in [0.4, 0.5) is 5.69 Å². The Morgan fingerprint density at radius 2 is 2.14 bits per heavy atom. The van der Waals surface area contributed by atoms with Crippen LogP contribution in [-0.4, -0.2) is 23.6 Å². The van der Waals surface area contributed by atoms with Gasteiger partial charge in [0.05, 0.1) is 30.1 Å². The second kappa shape index (κ2) is 7.53. The number of aromatic nitrogens is 1. The Balaban J connectivity index is 1.96. The number of ether oxygens (including phenoxy) is 1. The number of methoxy groups -OCH3 is 1. The van der Waals surface area contributed by atoms with E-state index in [9.17, 15) is 0 Å². The maximum atomic E-state index is 6.07. The van der Waals surface area contributed by atoms with Gasteiger partial charge in [0, 0.05) is 40.9 Å². The zero-order chi connectivity index (χ0) is 20.7. The van der Waals surface area contributed by atoms with Crippen molar-refractivity contribution < 1.29 is 4.74 Å². The molecule has 4 rings (SSSR count). The topological polar surface area (TPSA) is 51.4 Å². The molecule has 0 radical (unpaired) electrons. The molecule has 0 spiro atoms. The zero-order valence-corrected chi connectivity index (χ0v) is 17.6. The molecule has 0 aliphatic carbocycles. The van der Waals surface area contributed by atoms with E-state index in [0.717, 1.165) is 58.6 Å². The first-order valence-corrected chi connectivity index (χ1v) is 10.3.